The summed E-state index contributed by atoms with van der Waals surface area (Å²) in [5.41, 5.74) is 0.735. The number of rotatable bonds is 6. The maximum atomic E-state index is 12.7. The number of halogens is 2. The maximum absolute atomic E-state index is 12.7. The Balaban J connectivity index is 1.80. The van der Waals surface area contributed by atoms with E-state index in [-0.39, 0.29) is 26.9 Å². The standard InChI is InChI=1S/C19H20Cl2N2O3S/c1-12(13-6-7-13)23(2)19(24)14-4-3-5-15(10-14)22-27(25,26)16-8-9-17(20)18(21)11-16/h3-5,8-13,22H,6-7H2,1-2H3/t12-/m1/s1. The first-order valence-electron chi connectivity index (χ1n) is 8.54. The highest BCUT2D eigenvalue weighted by Gasteiger charge is 2.32. The van der Waals surface area contributed by atoms with Gasteiger partial charge in [-0.3, -0.25) is 9.52 Å². The van der Waals surface area contributed by atoms with Crippen molar-refractivity contribution >= 4 is 44.8 Å². The van der Waals surface area contributed by atoms with Crippen molar-refractivity contribution in [3.8, 4) is 0 Å². The Bertz CT molecular complexity index is 975. The van der Waals surface area contributed by atoms with E-state index in [1.54, 1.807) is 30.1 Å². The summed E-state index contributed by atoms with van der Waals surface area (Å²) in [5, 5.41) is 0.426. The van der Waals surface area contributed by atoms with Gasteiger partial charge in [-0.25, -0.2) is 8.42 Å². The summed E-state index contributed by atoms with van der Waals surface area (Å²) in [5.74, 6) is 0.417. The minimum absolute atomic E-state index is 0.00639. The van der Waals surface area contributed by atoms with Crippen LogP contribution in [-0.4, -0.2) is 32.3 Å². The molecule has 0 unspecified atom stereocenters. The van der Waals surface area contributed by atoms with Crippen LogP contribution >= 0.6 is 23.2 Å². The van der Waals surface area contributed by atoms with Crippen molar-refractivity contribution in [1.82, 2.24) is 4.90 Å². The molecule has 2 aromatic carbocycles. The number of hydrogen-bond acceptors (Lipinski definition) is 3. The highest BCUT2D eigenvalue weighted by atomic mass is 35.5. The van der Waals surface area contributed by atoms with Crippen molar-refractivity contribution in [2.45, 2.75) is 30.7 Å². The van der Waals surface area contributed by atoms with Gasteiger partial charge in [-0.2, -0.15) is 0 Å². The number of nitrogens with one attached hydrogen (secondary N) is 1. The van der Waals surface area contributed by atoms with Gasteiger partial charge in [0.25, 0.3) is 15.9 Å². The van der Waals surface area contributed by atoms with Gasteiger partial charge >= 0.3 is 0 Å². The van der Waals surface area contributed by atoms with E-state index in [4.69, 9.17) is 23.2 Å². The molecule has 0 heterocycles. The molecule has 0 radical (unpaired) electrons. The molecule has 5 nitrogen and oxygen atoms in total. The normalized spacial score (nSPS) is 15.3. The van der Waals surface area contributed by atoms with Crippen LogP contribution in [0.1, 0.15) is 30.1 Å². The van der Waals surface area contributed by atoms with Gasteiger partial charge in [0.1, 0.15) is 0 Å². The van der Waals surface area contributed by atoms with Gasteiger partial charge in [0.05, 0.1) is 14.9 Å². The molecule has 1 saturated carbocycles. The van der Waals surface area contributed by atoms with E-state index in [0.29, 0.717) is 17.2 Å². The average Bonchev–Trinajstić information content (AvgIpc) is 3.47. The Labute approximate surface area is 169 Å². The van der Waals surface area contributed by atoms with Crippen LogP contribution < -0.4 is 4.72 Å². The molecule has 1 aliphatic rings. The second-order valence-electron chi connectivity index (χ2n) is 6.76. The van der Waals surface area contributed by atoms with Crippen LogP contribution in [-0.2, 0) is 10.0 Å². The first kappa shape index (κ1) is 20.0. The number of carbonyl (C=O) groups excluding carboxylic acids is 1. The lowest BCUT2D eigenvalue weighted by molar-refractivity contribution is 0.0727. The molecule has 27 heavy (non-hydrogen) atoms. The van der Waals surface area contributed by atoms with Gasteiger partial charge in [0.2, 0.25) is 0 Å². The van der Waals surface area contributed by atoms with Crippen LogP contribution in [0.25, 0.3) is 0 Å². The molecule has 1 fully saturated rings. The Morgan fingerprint density at radius 2 is 1.85 bits per heavy atom. The fourth-order valence-corrected chi connectivity index (χ4v) is 4.30. The van der Waals surface area contributed by atoms with Gasteiger partial charge in [0, 0.05) is 24.3 Å². The molecule has 1 aliphatic carbocycles. The summed E-state index contributed by atoms with van der Waals surface area (Å²) in [6.45, 7) is 2.03. The zero-order chi connectivity index (χ0) is 19.8. The van der Waals surface area contributed by atoms with Gasteiger partial charge in [-0.1, -0.05) is 29.3 Å². The van der Waals surface area contributed by atoms with Crippen LogP contribution in [0.4, 0.5) is 5.69 Å². The van der Waals surface area contributed by atoms with Crippen molar-refractivity contribution in [2.24, 2.45) is 5.92 Å². The van der Waals surface area contributed by atoms with Crippen LogP contribution in [0.2, 0.25) is 10.0 Å². The lowest BCUT2D eigenvalue weighted by Crippen LogP contribution is -2.36. The molecule has 3 rings (SSSR count). The van der Waals surface area contributed by atoms with E-state index < -0.39 is 10.0 Å². The summed E-state index contributed by atoms with van der Waals surface area (Å²) in [4.78, 5) is 14.4. The first-order chi connectivity index (χ1) is 12.7. The van der Waals surface area contributed by atoms with E-state index in [2.05, 4.69) is 4.72 Å². The topological polar surface area (TPSA) is 66.5 Å². The number of amides is 1. The van der Waals surface area contributed by atoms with E-state index in [0.717, 1.165) is 12.8 Å². The molecular weight excluding hydrogens is 407 g/mol. The molecular formula is C19H20Cl2N2O3S. The summed E-state index contributed by atoms with van der Waals surface area (Å²) in [6, 6.07) is 10.7. The number of sulfonamides is 1. The second-order valence-corrected chi connectivity index (χ2v) is 9.25. The minimum atomic E-state index is -3.85. The number of anilines is 1. The fourth-order valence-electron chi connectivity index (χ4n) is 2.86. The van der Waals surface area contributed by atoms with Gasteiger partial charge in [0.15, 0.2) is 0 Å². The number of nitrogens with zero attached hydrogens (tertiary/aromatic N) is 1. The zero-order valence-corrected chi connectivity index (χ0v) is 17.3. The molecule has 1 amide bonds. The maximum Gasteiger partial charge on any atom is 0.261 e. The van der Waals surface area contributed by atoms with Crippen molar-refractivity contribution < 1.29 is 13.2 Å². The average molecular weight is 427 g/mol. The summed E-state index contributed by atoms with van der Waals surface area (Å²) < 4.78 is 27.6. The molecule has 144 valence electrons. The van der Waals surface area contributed by atoms with Crippen molar-refractivity contribution in [3.05, 3.63) is 58.1 Å². The lowest BCUT2D eigenvalue weighted by atomic mass is 10.1. The predicted molar refractivity (Wildman–Crippen MR) is 108 cm³/mol. The van der Waals surface area contributed by atoms with Crippen LogP contribution in [0.3, 0.4) is 0 Å². The van der Waals surface area contributed by atoms with Crippen molar-refractivity contribution in [1.29, 1.82) is 0 Å². The van der Waals surface area contributed by atoms with E-state index in [9.17, 15) is 13.2 Å². The zero-order valence-electron chi connectivity index (χ0n) is 14.9. The van der Waals surface area contributed by atoms with Crippen molar-refractivity contribution in [3.63, 3.8) is 0 Å². The molecule has 0 saturated heterocycles. The smallest absolute Gasteiger partial charge is 0.261 e. The number of hydrogen-bond donors (Lipinski definition) is 1. The Hall–Kier alpha value is -1.76. The molecule has 2 aromatic rings. The van der Waals surface area contributed by atoms with Gasteiger partial charge in [-0.15, -0.1) is 0 Å². The van der Waals surface area contributed by atoms with Crippen LogP contribution in [0.15, 0.2) is 47.4 Å². The number of carbonyl (C=O) groups is 1. The van der Waals surface area contributed by atoms with E-state index >= 15 is 0 Å². The summed E-state index contributed by atoms with van der Waals surface area (Å²) in [7, 11) is -2.08. The number of benzene rings is 2. The summed E-state index contributed by atoms with van der Waals surface area (Å²) in [6.07, 6.45) is 2.28. The van der Waals surface area contributed by atoms with Gasteiger partial charge < -0.3 is 4.90 Å². The quantitative estimate of drug-likeness (QED) is 0.729. The van der Waals surface area contributed by atoms with E-state index in [1.165, 1.54) is 24.3 Å². The predicted octanol–water partition coefficient (Wildman–Crippen LogP) is 4.66. The van der Waals surface area contributed by atoms with Gasteiger partial charge in [-0.05, 0) is 62.1 Å². The third kappa shape index (κ3) is 4.57. The van der Waals surface area contributed by atoms with Crippen LogP contribution in [0, 0.1) is 5.92 Å². The molecule has 0 bridgehead atoms. The fraction of sp³-hybridized carbons (Fsp3) is 0.316. The summed E-state index contributed by atoms with van der Waals surface area (Å²) >= 11 is 11.7. The molecule has 0 spiro atoms. The minimum Gasteiger partial charge on any atom is -0.339 e. The monoisotopic (exact) mass is 426 g/mol. The SMILES string of the molecule is C[C@H](C1CC1)N(C)C(=O)c1cccc(NS(=O)(=O)c2ccc(Cl)c(Cl)c2)c1. The Morgan fingerprint density at radius 3 is 2.48 bits per heavy atom. The molecule has 1 atom stereocenters. The lowest BCUT2D eigenvalue weighted by Gasteiger charge is -2.25. The Kier molecular flexibility index (Phi) is 5.70. The van der Waals surface area contributed by atoms with E-state index in [1.807, 2.05) is 6.92 Å². The largest absolute Gasteiger partial charge is 0.339 e. The molecule has 0 aliphatic heterocycles. The third-order valence-corrected chi connectivity index (χ3v) is 6.92. The highest BCUT2D eigenvalue weighted by molar-refractivity contribution is 7.92. The first-order valence-corrected chi connectivity index (χ1v) is 10.8. The van der Waals surface area contributed by atoms with Crippen molar-refractivity contribution in [2.75, 3.05) is 11.8 Å². The Morgan fingerprint density at radius 1 is 1.15 bits per heavy atom. The highest BCUT2D eigenvalue weighted by Crippen LogP contribution is 2.35. The second kappa shape index (κ2) is 7.70. The molecule has 1 N–H and O–H groups in total. The molecule has 0 aromatic heterocycles. The van der Waals surface area contributed by atoms with Crippen LogP contribution in [0.5, 0.6) is 0 Å². The third-order valence-electron chi connectivity index (χ3n) is 4.80. The molecule has 8 heteroatoms.